The van der Waals surface area contributed by atoms with E-state index in [9.17, 15) is 18.0 Å². The Kier molecular flexibility index (Phi) is 5.89. The minimum Gasteiger partial charge on any atom is -0.465 e. The van der Waals surface area contributed by atoms with Crippen molar-refractivity contribution in [2.75, 3.05) is 19.8 Å². The number of rotatable bonds is 7. The number of esters is 1. The van der Waals surface area contributed by atoms with Crippen molar-refractivity contribution >= 4 is 5.97 Å². The number of ether oxygens (including phenoxy) is 1. The highest BCUT2D eigenvalue weighted by Gasteiger charge is 2.32. The minimum absolute atomic E-state index is 0.00106. The molecule has 0 aliphatic rings. The number of nitrogens with zero attached hydrogens (tertiary/aromatic N) is 3. The van der Waals surface area contributed by atoms with Crippen molar-refractivity contribution in [1.82, 2.24) is 20.3 Å². The van der Waals surface area contributed by atoms with Crippen molar-refractivity contribution in [3.8, 4) is 0 Å². The van der Waals surface area contributed by atoms with Crippen LogP contribution in [0.3, 0.4) is 0 Å². The predicted molar refractivity (Wildman–Crippen MR) is 60.5 cm³/mol. The predicted octanol–water partition coefficient (Wildman–Crippen LogP) is 0.0265. The van der Waals surface area contributed by atoms with Gasteiger partial charge in [-0.15, -0.1) is 5.10 Å². The molecule has 0 amide bonds. The summed E-state index contributed by atoms with van der Waals surface area (Å²) in [6, 6.07) is -1.36. The van der Waals surface area contributed by atoms with E-state index in [1.54, 1.807) is 6.92 Å². The van der Waals surface area contributed by atoms with Crippen molar-refractivity contribution in [2.24, 2.45) is 0 Å². The Morgan fingerprint density at radius 2 is 2.30 bits per heavy atom. The molecule has 0 aliphatic carbocycles. The van der Waals surface area contributed by atoms with Gasteiger partial charge in [0.25, 0.3) is 0 Å². The van der Waals surface area contributed by atoms with Crippen LogP contribution in [0.4, 0.5) is 13.2 Å². The first-order valence-corrected chi connectivity index (χ1v) is 5.85. The lowest BCUT2D eigenvalue weighted by molar-refractivity contribution is -0.149. The van der Waals surface area contributed by atoms with E-state index in [0.717, 1.165) is 0 Å². The number of halogens is 3. The van der Waals surface area contributed by atoms with Crippen LogP contribution >= 0.6 is 0 Å². The molecule has 0 saturated carbocycles. The molecule has 0 radical (unpaired) electrons. The second kappa shape index (κ2) is 7.20. The Bertz CT molecular complexity index is 436. The van der Waals surface area contributed by atoms with Crippen LogP contribution < -0.4 is 5.32 Å². The number of aromatic nitrogens is 3. The molecule has 2 N–H and O–H groups in total. The average Bonchev–Trinajstić information content (AvgIpc) is 2.77. The van der Waals surface area contributed by atoms with Crippen LogP contribution in [0.5, 0.6) is 0 Å². The van der Waals surface area contributed by atoms with Gasteiger partial charge >= 0.3 is 12.1 Å². The number of nitrogens with one attached hydrogen (secondary N) is 1. The summed E-state index contributed by atoms with van der Waals surface area (Å²) in [5.74, 6) is -0.868. The largest absolute Gasteiger partial charge is 0.465 e. The van der Waals surface area contributed by atoms with E-state index >= 15 is 0 Å². The first-order chi connectivity index (χ1) is 9.37. The zero-order chi connectivity index (χ0) is 15.2. The smallest absolute Gasteiger partial charge is 0.401 e. The van der Waals surface area contributed by atoms with Crippen molar-refractivity contribution in [2.45, 2.75) is 25.7 Å². The molecular weight excluding hydrogens is 281 g/mol. The zero-order valence-corrected chi connectivity index (χ0v) is 10.7. The Morgan fingerprint density at radius 1 is 1.60 bits per heavy atom. The average molecular weight is 296 g/mol. The van der Waals surface area contributed by atoms with E-state index in [2.05, 4.69) is 10.3 Å². The third-order valence-corrected chi connectivity index (χ3v) is 2.21. The van der Waals surface area contributed by atoms with Gasteiger partial charge in [-0.3, -0.25) is 5.32 Å². The number of hydrogen-bond donors (Lipinski definition) is 2. The molecule has 0 bridgehead atoms. The maximum atomic E-state index is 12.2. The van der Waals surface area contributed by atoms with Gasteiger partial charge in [-0.2, -0.15) is 13.2 Å². The van der Waals surface area contributed by atoms with E-state index in [4.69, 9.17) is 9.84 Å². The van der Waals surface area contributed by atoms with Gasteiger partial charge < -0.3 is 9.84 Å². The summed E-state index contributed by atoms with van der Waals surface area (Å²) in [4.78, 5) is 11.6. The van der Waals surface area contributed by atoms with Gasteiger partial charge in [-0.1, -0.05) is 5.21 Å². The van der Waals surface area contributed by atoms with Gasteiger partial charge in [0.05, 0.1) is 32.5 Å². The van der Waals surface area contributed by atoms with Crippen LogP contribution in [-0.4, -0.2) is 52.0 Å². The molecule has 114 valence electrons. The minimum atomic E-state index is -4.47. The summed E-state index contributed by atoms with van der Waals surface area (Å²) in [5.41, 5.74) is 0.00106. The number of hydrogen-bond acceptors (Lipinski definition) is 6. The van der Waals surface area contributed by atoms with Gasteiger partial charge in [-0.25, -0.2) is 9.48 Å². The summed E-state index contributed by atoms with van der Waals surface area (Å²) >= 11 is 0. The highest BCUT2D eigenvalue weighted by atomic mass is 19.4. The summed E-state index contributed by atoms with van der Waals surface area (Å²) in [5, 5.41) is 18.0. The Labute approximate surface area is 112 Å². The molecular formula is C10H15F3N4O3. The van der Waals surface area contributed by atoms with E-state index in [-0.39, 0.29) is 25.5 Å². The lowest BCUT2D eigenvalue weighted by Crippen LogP contribution is -2.37. The van der Waals surface area contributed by atoms with Crippen molar-refractivity contribution in [3.05, 3.63) is 11.9 Å². The summed E-state index contributed by atoms with van der Waals surface area (Å²) in [7, 11) is 0. The fraction of sp³-hybridized carbons (Fsp3) is 0.700. The van der Waals surface area contributed by atoms with E-state index in [1.807, 2.05) is 5.32 Å². The molecule has 0 aliphatic heterocycles. The van der Waals surface area contributed by atoms with Gasteiger partial charge in [0, 0.05) is 0 Å². The van der Waals surface area contributed by atoms with Crippen LogP contribution in [0.1, 0.15) is 18.7 Å². The number of carbonyl (C=O) groups excluding carboxylic acids is 1. The molecule has 0 fully saturated rings. The fourth-order valence-corrected chi connectivity index (χ4v) is 1.41. The van der Waals surface area contributed by atoms with Gasteiger partial charge in [-0.05, 0) is 6.92 Å². The number of aliphatic hydroxyl groups is 1. The third-order valence-electron chi connectivity index (χ3n) is 2.21. The molecule has 1 atom stereocenters. The van der Waals surface area contributed by atoms with Crippen molar-refractivity contribution in [3.63, 3.8) is 0 Å². The Morgan fingerprint density at radius 3 is 2.85 bits per heavy atom. The maximum Gasteiger partial charge on any atom is 0.401 e. The first-order valence-electron chi connectivity index (χ1n) is 5.85. The van der Waals surface area contributed by atoms with Crippen LogP contribution in [-0.2, 0) is 16.1 Å². The lowest BCUT2D eigenvalue weighted by atomic mass is 10.2. The van der Waals surface area contributed by atoms with Crippen LogP contribution in [0.25, 0.3) is 0 Å². The molecule has 1 unspecified atom stereocenters. The zero-order valence-electron chi connectivity index (χ0n) is 10.7. The quantitative estimate of drug-likeness (QED) is 0.690. The normalized spacial score (nSPS) is 13.2. The molecule has 1 aromatic heterocycles. The number of carbonyl (C=O) groups is 1. The molecule has 20 heavy (non-hydrogen) atoms. The van der Waals surface area contributed by atoms with E-state index in [1.165, 1.54) is 10.9 Å². The van der Waals surface area contributed by atoms with Crippen molar-refractivity contribution in [1.29, 1.82) is 0 Å². The summed E-state index contributed by atoms with van der Waals surface area (Å²) in [6.07, 6.45) is -3.19. The third kappa shape index (κ3) is 5.13. The van der Waals surface area contributed by atoms with Crippen molar-refractivity contribution < 1.29 is 27.8 Å². The molecule has 1 aromatic rings. The Hall–Kier alpha value is -1.68. The van der Waals surface area contributed by atoms with Gasteiger partial charge in [0.15, 0.2) is 6.04 Å². The molecule has 0 spiro atoms. The second-order valence-electron chi connectivity index (χ2n) is 3.81. The van der Waals surface area contributed by atoms with Gasteiger partial charge in [0.1, 0.15) is 5.69 Å². The maximum absolute atomic E-state index is 12.2. The van der Waals surface area contributed by atoms with Crippen LogP contribution in [0.2, 0.25) is 0 Å². The van der Waals surface area contributed by atoms with Crippen LogP contribution in [0, 0.1) is 0 Å². The first kappa shape index (κ1) is 16.4. The summed E-state index contributed by atoms with van der Waals surface area (Å²) < 4.78 is 42.6. The fourth-order valence-electron chi connectivity index (χ4n) is 1.41. The highest BCUT2D eigenvalue weighted by Crippen LogP contribution is 2.17. The monoisotopic (exact) mass is 296 g/mol. The lowest BCUT2D eigenvalue weighted by Gasteiger charge is -2.16. The summed E-state index contributed by atoms with van der Waals surface area (Å²) in [6.45, 7) is 0.142. The van der Waals surface area contributed by atoms with E-state index in [0.29, 0.717) is 0 Å². The van der Waals surface area contributed by atoms with Gasteiger partial charge in [0.2, 0.25) is 0 Å². The number of aliphatic hydroxyl groups excluding tert-OH is 1. The topological polar surface area (TPSA) is 89.3 Å². The Balaban J connectivity index is 2.82. The van der Waals surface area contributed by atoms with Crippen LogP contribution in [0.15, 0.2) is 6.20 Å². The molecule has 0 aromatic carbocycles. The molecule has 1 heterocycles. The molecule has 1 rings (SSSR count). The second-order valence-corrected chi connectivity index (χ2v) is 3.81. The molecule has 10 heteroatoms. The molecule has 0 saturated heterocycles. The highest BCUT2D eigenvalue weighted by molar-refractivity contribution is 5.76. The standard InChI is InChI=1S/C10H15F3N4O3/c1-2-20-9(19)8(14-6-10(11,12)13)7-5-17(3-4-18)16-15-7/h5,8,14,18H,2-4,6H2,1H3. The number of alkyl halides is 3. The SMILES string of the molecule is CCOC(=O)C(NCC(F)(F)F)c1cn(CCO)nn1. The van der Waals surface area contributed by atoms with E-state index < -0.39 is 24.7 Å². The molecule has 7 nitrogen and oxygen atoms in total.